The number of rotatable bonds is 5. The summed E-state index contributed by atoms with van der Waals surface area (Å²) in [4.78, 5) is 0. The molecule has 0 unspecified atom stereocenters. The van der Waals surface area contributed by atoms with E-state index >= 15 is 0 Å². The van der Waals surface area contributed by atoms with Crippen molar-refractivity contribution in [2.75, 3.05) is 0 Å². The van der Waals surface area contributed by atoms with Crippen LogP contribution in [0.15, 0.2) is 140 Å². The molecule has 0 aliphatic carbocycles. The van der Waals surface area contributed by atoms with Gasteiger partial charge in [0, 0.05) is 0 Å². The second kappa shape index (κ2) is 9.13. The fraction of sp³-hybridized carbons (Fsp3) is 0. The van der Waals surface area contributed by atoms with Crippen LogP contribution in [0.25, 0.3) is 22.3 Å². The highest BCUT2D eigenvalue weighted by atomic mass is 31.1. The summed E-state index contributed by atoms with van der Waals surface area (Å²) in [5, 5.41) is 4.12. The van der Waals surface area contributed by atoms with Gasteiger partial charge < -0.3 is 0 Å². The predicted molar refractivity (Wildman–Crippen MR) is 136 cm³/mol. The SMILES string of the molecule is c1ccc(-c2ccc(-c3ccccc3)c(P(c3ccccc3)c3ccccc3)c2)cc1. The van der Waals surface area contributed by atoms with Gasteiger partial charge in [-0.15, -0.1) is 0 Å². The highest BCUT2D eigenvalue weighted by Gasteiger charge is 2.21. The van der Waals surface area contributed by atoms with Crippen LogP contribution in [0.2, 0.25) is 0 Å². The zero-order chi connectivity index (χ0) is 20.9. The Labute approximate surface area is 185 Å². The van der Waals surface area contributed by atoms with Crippen LogP contribution in [0.1, 0.15) is 0 Å². The molecular formula is C30H23P. The van der Waals surface area contributed by atoms with Crippen molar-refractivity contribution in [3.63, 3.8) is 0 Å². The summed E-state index contributed by atoms with van der Waals surface area (Å²) < 4.78 is 0. The smallest absolute Gasteiger partial charge is 0.00664 e. The van der Waals surface area contributed by atoms with Crippen LogP contribution < -0.4 is 15.9 Å². The van der Waals surface area contributed by atoms with Crippen molar-refractivity contribution in [3.8, 4) is 22.3 Å². The number of hydrogen-bond donors (Lipinski definition) is 0. The Bertz CT molecular complexity index is 1210. The second-order valence-corrected chi connectivity index (χ2v) is 9.66. The summed E-state index contributed by atoms with van der Waals surface area (Å²) in [5.74, 6) is 0. The van der Waals surface area contributed by atoms with Crippen molar-refractivity contribution < 1.29 is 0 Å². The standard InChI is InChI=1S/C30H23P/c1-5-13-24(14-6-1)26-21-22-29(25-15-7-2-8-16-25)30(23-26)31(27-17-9-3-10-18-27)28-19-11-4-12-20-28/h1-23H. The minimum absolute atomic E-state index is 0.697. The third kappa shape index (κ3) is 4.22. The van der Waals surface area contributed by atoms with Gasteiger partial charge in [-0.2, -0.15) is 0 Å². The van der Waals surface area contributed by atoms with E-state index in [9.17, 15) is 0 Å². The average molecular weight is 414 g/mol. The monoisotopic (exact) mass is 414 g/mol. The Morgan fingerprint density at radius 3 is 1.32 bits per heavy atom. The van der Waals surface area contributed by atoms with Crippen molar-refractivity contribution in [2.45, 2.75) is 0 Å². The first-order valence-electron chi connectivity index (χ1n) is 10.6. The van der Waals surface area contributed by atoms with Crippen LogP contribution >= 0.6 is 7.92 Å². The molecule has 0 spiro atoms. The van der Waals surface area contributed by atoms with Crippen molar-refractivity contribution in [2.24, 2.45) is 0 Å². The third-order valence-corrected chi connectivity index (χ3v) is 7.94. The molecule has 148 valence electrons. The highest BCUT2D eigenvalue weighted by molar-refractivity contribution is 7.80. The molecule has 0 aromatic heterocycles. The molecule has 31 heavy (non-hydrogen) atoms. The third-order valence-electron chi connectivity index (χ3n) is 5.46. The summed E-state index contributed by atoms with van der Waals surface area (Å²) in [6.45, 7) is 0. The van der Waals surface area contributed by atoms with Gasteiger partial charge in [-0.1, -0.05) is 133 Å². The minimum Gasteiger partial charge on any atom is -0.0622 e. The summed E-state index contributed by atoms with van der Waals surface area (Å²) in [5.41, 5.74) is 5.07. The first kappa shape index (κ1) is 19.5. The molecule has 1 heteroatoms. The molecule has 0 saturated heterocycles. The van der Waals surface area contributed by atoms with Crippen molar-refractivity contribution >= 4 is 23.8 Å². The van der Waals surface area contributed by atoms with Crippen LogP contribution in [0.3, 0.4) is 0 Å². The van der Waals surface area contributed by atoms with E-state index in [1.807, 2.05) is 0 Å². The Kier molecular flexibility index (Phi) is 5.74. The van der Waals surface area contributed by atoms with E-state index < -0.39 is 7.92 Å². The van der Waals surface area contributed by atoms with E-state index in [0.717, 1.165) is 0 Å². The molecule has 0 aliphatic heterocycles. The molecule has 0 atom stereocenters. The Morgan fingerprint density at radius 2 is 0.806 bits per heavy atom. The maximum atomic E-state index is 2.41. The molecule has 0 amide bonds. The van der Waals surface area contributed by atoms with E-state index in [2.05, 4.69) is 140 Å². The average Bonchev–Trinajstić information content (AvgIpc) is 2.87. The van der Waals surface area contributed by atoms with Gasteiger partial charge in [-0.05, 0) is 52.2 Å². The zero-order valence-electron chi connectivity index (χ0n) is 17.2. The van der Waals surface area contributed by atoms with Gasteiger partial charge >= 0.3 is 0 Å². The van der Waals surface area contributed by atoms with E-state index in [-0.39, 0.29) is 0 Å². The second-order valence-electron chi connectivity index (χ2n) is 7.47. The maximum Gasteiger partial charge on any atom is -0.00664 e. The van der Waals surface area contributed by atoms with Gasteiger partial charge in [-0.25, -0.2) is 0 Å². The van der Waals surface area contributed by atoms with Gasteiger partial charge in [-0.3, -0.25) is 0 Å². The molecule has 0 heterocycles. The lowest BCUT2D eigenvalue weighted by atomic mass is 10.0. The summed E-state index contributed by atoms with van der Waals surface area (Å²) in [6.07, 6.45) is 0. The molecule has 5 rings (SSSR count). The van der Waals surface area contributed by atoms with Crippen LogP contribution in [-0.4, -0.2) is 0 Å². The van der Waals surface area contributed by atoms with E-state index in [1.54, 1.807) is 0 Å². The highest BCUT2D eigenvalue weighted by Crippen LogP contribution is 2.38. The van der Waals surface area contributed by atoms with Crippen LogP contribution in [0.5, 0.6) is 0 Å². The lowest BCUT2D eigenvalue weighted by molar-refractivity contribution is 1.61. The maximum absolute atomic E-state index is 2.41. The normalized spacial score (nSPS) is 10.9. The Balaban J connectivity index is 1.77. The van der Waals surface area contributed by atoms with E-state index in [4.69, 9.17) is 0 Å². The molecule has 0 fully saturated rings. The molecule has 0 N–H and O–H groups in total. The molecule has 0 saturated carbocycles. The Morgan fingerprint density at radius 1 is 0.355 bits per heavy atom. The zero-order valence-corrected chi connectivity index (χ0v) is 18.1. The first-order chi connectivity index (χ1) is 15.4. The summed E-state index contributed by atoms with van der Waals surface area (Å²) in [6, 6.07) is 50.2. The summed E-state index contributed by atoms with van der Waals surface area (Å²) in [7, 11) is -0.697. The first-order valence-corrected chi connectivity index (χ1v) is 11.9. The molecule has 0 aliphatic rings. The van der Waals surface area contributed by atoms with Crippen LogP contribution in [-0.2, 0) is 0 Å². The largest absolute Gasteiger partial charge is 0.0622 e. The van der Waals surface area contributed by atoms with E-state index in [1.165, 1.54) is 38.2 Å². The van der Waals surface area contributed by atoms with Gasteiger partial charge in [0.2, 0.25) is 0 Å². The molecule has 0 nitrogen and oxygen atoms in total. The predicted octanol–water partition coefficient (Wildman–Crippen LogP) is 6.78. The summed E-state index contributed by atoms with van der Waals surface area (Å²) >= 11 is 0. The molecule has 5 aromatic rings. The lowest BCUT2D eigenvalue weighted by Gasteiger charge is -2.23. The van der Waals surface area contributed by atoms with Crippen molar-refractivity contribution in [1.82, 2.24) is 0 Å². The quantitative estimate of drug-likeness (QED) is 0.278. The number of hydrogen-bond acceptors (Lipinski definition) is 0. The van der Waals surface area contributed by atoms with Crippen LogP contribution in [0, 0.1) is 0 Å². The van der Waals surface area contributed by atoms with Gasteiger partial charge in [0.05, 0.1) is 0 Å². The molecule has 0 bridgehead atoms. The van der Waals surface area contributed by atoms with Gasteiger partial charge in [0.15, 0.2) is 0 Å². The van der Waals surface area contributed by atoms with Gasteiger partial charge in [0.25, 0.3) is 0 Å². The topological polar surface area (TPSA) is 0 Å². The van der Waals surface area contributed by atoms with Crippen LogP contribution in [0.4, 0.5) is 0 Å². The molecule has 5 aromatic carbocycles. The van der Waals surface area contributed by atoms with Crippen molar-refractivity contribution in [1.29, 1.82) is 0 Å². The minimum atomic E-state index is -0.697. The number of benzene rings is 5. The fourth-order valence-electron chi connectivity index (χ4n) is 3.97. The lowest BCUT2D eigenvalue weighted by Crippen LogP contribution is -2.22. The Hall–Kier alpha value is -3.47. The molecular weight excluding hydrogens is 391 g/mol. The fourth-order valence-corrected chi connectivity index (χ4v) is 6.48. The van der Waals surface area contributed by atoms with E-state index in [0.29, 0.717) is 0 Å². The van der Waals surface area contributed by atoms with Crippen molar-refractivity contribution in [3.05, 3.63) is 140 Å². The van der Waals surface area contributed by atoms with Gasteiger partial charge in [0.1, 0.15) is 0 Å². The molecule has 0 radical (unpaired) electrons.